The van der Waals surface area contributed by atoms with Crippen LogP contribution in [0.25, 0.3) is 5.57 Å². The van der Waals surface area contributed by atoms with Gasteiger partial charge in [0.05, 0.1) is 6.20 Å². The van der Waals surface area contributed by atoms with E-state index < -0.39 is 9.84 Å². The molecule has 5 heteroatoms. The Morgan fingerprint density at radius 2 is 2.00 bits per heavy atom. The summed E-state index contributed by atoms with van der Waals surface area (Å²) in [5.74, 6) is 0. The summed E-state index contributed by atoms with van der Waals surface area (Å²) >= 11 is 1.15. The van der Waals surface area contributed by atoms with Crippen LogP contribution in [0.3, 0.4) is 0 Å². The van der Waals surface area contributed by atoms with Gasteiger partial charge < -0.3 is 0 Å². The van der Waals surface area contributed by atoms with Crippen molar-refractivity contribution >= 4 is 26.7 Å². The molecule has 0 unspecified atom stereocenters. The third-order valence-corrected chi connectivity index (χ3v) is 4.16. The zero-order valence-electron chi connectivity index (χ0n) is 8.86. The van der Waals surface area contributed by atoms with Gasteiger partial charge in [0.1, 0.15) is 9.22 Å². The van der Waals surface area contributed by atoms with Gasteiger partial charge in [0.15, 0.2) is 9.84 Å². The lowest BCUT2D eigenvalue weighted by Gasteiger charge is -1.88. The highest BCUT2D eigenvalue weighted by Gasteiger charge is 2.11. The molecule has 1 heterocycles. The van der Waals surface area contributed by atoms with Crippen LogP contribution in [0.1, 0.15) is 25.8 Å². The van der Waals surface area contributed by atoms with Crippen molar-refractivity contribution in [1.82, 2.24) is 4.98 Å². The largest absolute Gasteiger partial charge is 0.244 e. The fraction of sp³-hybridized carbons (Fsp3) is 0.444. The minimum atomic E-state index is -3.10. The van der Waals surface area contributed by atoms with Crippen LogP contribution in [-0.2, 0) is 9.84 Å². The van der Waals surface area contributed by atoms with Gasteiger partial charge in [-0.1, -0.05) is 20.4 Å². The van der Waals surface area contributed by atoms with Crippen molar-refractivity contribution in [2.45, 2.75) is 25.0 Å². The number of thiazole rings is 1. The first-order chi connectivity index (χ1) is 6.41. The molecule has 0 saturated carbocycles. The van der Waals surface area contributed by atoms with Crippen LogP contribution in [0.4, 0.5) is 0 Å². The second kappa shape index (κ2) is 5.26. The molecule has 1 rings (SSSR count). The van der Waals surface area contributed by atoms with E-state index in [9.17, 15) is 8.42 Å². The molecule has 0 spiro atoms. The van der Waals surface area contributed by atoms with Crippen LogP contribution >= 0.6 is 11.3 Å². The molecular formula is C9H15NO2S2. The van der Waals surface area contributed by atoms with E-state index in [0.717, 1.165) is 16.9 Å². The van der Waals surface area contributed by atoms with Crippen LogP contribution in [0.15, 0.2) is 17.0 Å². The number of hydrogen-bond acceptors (Lipinski definition) is 4. The summed E-state index contributed by atoms with van der Waals surface area (Å²) in [6.45, 7) is 9.47. The molecule has 0 atom stereocenters. The van der Waals surface area contributed by atoms with Gasteiger partial charge in [0.2, 0.25) is 0 Å². The summed E-state index contributed by atoms with van der Waals surface area (Å²) in [6, 6.07) is 0. The van der Waals surface area contributed by atoms with Crippen LogP contribution in [0.2, 0.25) is 0 Å². The van der Waals surface area contributed by atoms with E-state index in [1.165, 1.54) is 12.5 Å². The number of rotatable bonds is 2. The molecule has 0 aliphatic carbocycles. The van der Waals surface area contributed by atoms with Gasteiger partial charge in [-0.3, -0.25) is 0 Å². The first-order valence-corrected chi connectivity index (χ1v) is 6.94. The van der Waals surface area contributed by atoms with E-state index in [2.05, 4.69) is 11.6 Å². The highest BCUT2D eigenvalue weighted by molar-refractivity contribution is 7.92. The molecular weight excluding hydrogens is 218 g/mol. The lowest BCUT2D eigenvalue weighted by Crippen LogP contribution is -1.91. The Balaban J connectivity index is 0.000000791. The highest BCUT2D eigenvalue weighted by Crippen LogP contribution is 2.22. The fourth-order valence-corrected chi connectivity index (χ4v) is 2.29. The van der Waals surface area contributed by atoms with E-state index in [-0.39, 0.29) is 0 Å². The first-order valence-electron chi connectivity index (χ1n) is 4.23. The molecule has 1 aromatic heterocycles. The van der Waals surface area contributed by atoms with Gasteiger partial charge in [-0.15, -0.1) is 11.3 Å². The molecule has 1 aromatic rings. The maximum Gasteiger partial charge on any atom is 0.186 e. The normalized spacial score (nSPS) is 10.3. The third-order valence-electron chi connectivity index (χ3n) is 1.22. The molecule has 0 aliphatic rings. The number of nitrogens with zero attached hydrogens (tertiary/aromatic N) is 1. The van der Waals surface area contributed by atoms with Crippen LogP contribution < -0.4 is 0 Å². The Morgan fingerprint density at radius 1 is 1.50 bits per heavy atom. The second-order valence-corrected chi connectivity index (χ2v) is 5.81. The summed E-state index contributed by atoms with van der Waals surface area (Å²) in [4.78, 5) is 3.92. The zero-order valence-corrected chi connectivity index (χ0v) is 10.5. The van der Waals surface area contributed by atoms with Crippen molar-refractivity contribution in [3.8, 4) is 0 Å². The van der Waals surface area contributed by atoms with Crippen LogP contribution in [0.5, 0.6) is 0 Å². The molecule has 0 saturated heterocycles. The van der Waals surface area contributed by atoms with Crippen LogP contribution in [0, 0.1) is 0 Å². The molecule has 3 nitrogen and oxygen atoms in total. The molecule has 80 valence electrons. The third kappa shape index (κ3) is 3.59. The topological polar surface area (TPSA) is 47.0 Å². The van der Waals surface area contributed by atoms with Gasteiger partial charge in [-0.05, 0) is 12.5 Å². The first kappa shape index (κ1) is 13.3. The van der Waals surface area contributed by atoms with E-state index in [0.29, 0.717) is 9.22 Å². The van der Waals surface area contributed by atoms with Crippen molar-refractivity contribution in [2.24, 2.45) is 0 Å². The van der Waals surface area contributed by atoms with Gasteiger partial charge in [0.25, 0.3) is 0 Å². The van der Waals surface area contributed by atoms with Crippen molar-refractivity contribution in [3.05, 3.63) is 17.8 Å². The zero-order chi connectivity index (χ0) is 11.4. The highest BCUT2D eigenvalue weighted by atomic mass is 32.2. The number of sulfone groups is 1. The van der Waals surface area contributed by atoms with Crippen molar-refractivity contribution in [1.29, 1.82) is 0 Å². The molecule has 14 heavy (non-hydrogen) atoms. The van der Waals surface area contributed by atoms with Crippen LogP contribution in [-0.4, -0.2) is 19.7 Å². The minimum Gasteiger partial charge on any atom is -0.244 e. The van der Waals surface area contributed by atoms with Gasteiger partial charge in [-0.2, -0.15) is 0 Å². The van der Waals surface area contributed by atoms with Crippen molar-refractivity contribution in [3.63, 3.8) is 0 Å². The van der Waals surface area contributed by atoms with E-state index >= 15 is 0 Å². The summed E-state index contributed by atoms with van der Waals surface area (Å²) in [5, 5.41) is 0.676. The molecule has 0 amide bonds. The van der Waals surface area contributed by atoms with E-state index in [4.69, 9.17) is 0 Å². The summed E-state index contributed by atoms with van der Waals surface area (Å²) < 4.78 is 22.3. The molecule has 0 radical (unpaired) electrons. The Kier molecular flexibility index (Phi) is 5.01. The number of aromatic nitrogens is 1. The molecule has 0 bridgehead atoms. The Morgan fingerprint density at radius 3 is 2.21 bits per heavy atom. The monoisotopic (exact) mass is 233 g/mol. The van der Waals surface area contributed by atoms with Gasteiger partial charge in [0, 0.05) is 6.26 Å². The Bertz CT molecular complexity index is 404. The second-order valence-electron chi connectivity index (χ2n) is 2.54. The maximum absolute atomic E-state index is 11.0. The summed E-state index contributed by atoms with van der Waals surface area (Å²) in [7, 11) is -3.10. The lowest BCUT2D eigenvalue weighted by atomic mass is 10.4. The SMILES string of the molecule is C=C(C)c1ncc(S(C)(=O)=O)s1.CC. The van der Waals surface area contributed by atoms with Gasteiger partial charge >= 0.3 is 0 Å². The minimum absolute atomic E-state index is 0.292. The maximum atomic E-state index is 11.0. The molecule has 0 aliphatic heterocycles. The van der Waals surface area contributed by atoms with Crippen molar-refractivity contribution < 1.29 is 8.42 Å². The Hall–Kier alpha value is -0.680. The van der Waals surface area contributed by atoms with Crippen molar-refractivity contribution in [2.75, 3.05) is 6.26 Å². The van der Waals surface area contributed by atoms with E-state index in [1.54, 1.807) is 6.92 Å². The number of allylic oxidation sites excluding steroid dienone is 1. The van der Waals surface area contributed by atoms with Gasteiger partial charge in [-0.25, -0.2) is 13.4 Å². The van der Waals surface area contributed by atoms with E-state index in [1.807, 2.05) is 13.8 Å². The molecule has 0 N–H and O–H groups in total. The standard InChI is InChI=1S/C7H9NO2S2.C2H6/c1-5(2)7-8-4-6(11-7)12(3,9)10;1-2/h4H,1H2,2-3H3;1-2H3. The summed E-state index contributed by atoms with van der Waals surface area (Å²) in [6.07, 6.45) is 2.53. The molecule has 0 fully saturated rings. The average molecular weight is 233 g/mol. The average Bonchev–Trinajstić information content (AvgIpc) is 2.54. The number of hydrogen-bond donors (Lipinski definition) is 0. The quantitative estimate of drug-likeness (QED) is 0.789. The predicted molar refractivity (Wildman–Crippen MR) is 61.3 cm³/mol. The fourth-order valence-electron chi connectivity index (χ4n) is 0.628. The Labute approximate surface area is 89.4 Å². The predicted octanol–water partition coefficient (Wildman–Crippen LogP) is 2.61. The molecule has 0 aromatic carbocycles. The smallest absolute Gasteiger partial charge is 0.186 e. The summed E-state index contributed by atoms with van der Waals surface area (Å²) in [5.41, 5.74) is 0.787. The lowest BCUT2D eigenvalue weighted by molar-refractivity contribution is 0.603.